The molecule has 1 fully saturated rings. The van der Waals surface area contributed by atoms with Gasteiger partial charge in [0.25, 0.3) is 0 Å². The number of aliphatic hydroxyl groups excluding tert-OH is 2. The molecule has 5 nitrogen and oxygen atoms in total. The summed E-state index contributed by atoms with van der Waals surface area (Å²) in [6, 6.07) is 6.72. The first-order valence-corrected chi connectivity index (χ1v) is 5.98. The number of β-amino-alcohol motifs (C(OH)–C–C–N with tert-alkyl or cyclic N) is 2. The van der Waals surface area contributed by atoms with Crippen LogP contribution in [0.5, 0.6) is 5.75 Å². The molecule has 0 aromatic heterocycles. The van der Waals surface area contributed by atoms with E-state index in [4.69, 9.17) is 5.11 Å². The molecule has 1 aliphatic rings. The minimum Gasteiger partial charge on any atom is -0.508 e. The molecule has 0 aliphatic carbocycles. The summed E-state index contributed by atoms with van der Waals surface area (Å²) in [6.07, 6.45) is -0.739. The van der Waals surface area contributed by atoms with Crippen LogP contribution in [0.25, 0.3) is 0 Å². The molecule has 18 heavy (non-hydrogen) atoms. The molecule has 1 aromatic carbocycles. The molecule has 0 bridgehead atoms. The number of aryl methyl sites for hydroxylation is 1. The molecule has 2 atom stereocenters. The van der Waals surface area contributed by atoms with E-state index >= 15 is 0 Å². The smallest absolute Gasteiger partial charge is 0.223 e. The van der Waals surface area contributed by atoms with E-state index in [-0.39, 0.29) is 24.7 Å². The zero-order chi connectivity index (χ0) is 13.1. The average Bonchev–Trinajstić information content (AvgIpc) is 2.69. The summed E-state index contributed by atoms with van der Waals surface area (Å²) in [5.74, 6) is 0.134. The number of rotatable bonds is 3. The van der Waals surface area contributed by atoms with E-state index in [0.717, 1.165) is 5.56 Å². The normalized spacial score (nSPS) is 23.3. The zero-order valence-corrected chi connectivity index (χ0v) is 9.99. The van der Waals surface area contributed by atoms with E-state index in [2.05, 4.69) is 0 Å². The van der Waals surface area contributed by atoms with Gasteiger partial charge in [-0.15, -0.1) is 0 Å². The Bertz CT molecular complexity index is 408. The van der Waals surface area contributed by atoms with Crippen LogP contribution in [0.15, 0.2) is 24.3 Å². The largest absolute Gasteiger partial charge is 0.508 e. The zero-order valence-electron chi connectivity index (χ0n) is 9.99. The molecule has 3 N–H and O–H groups in total. The third-order valence-electron chi connectivity index (χ3n) is 3.18. The van der Waals surface area contributed by atoms with Gasteiger partial charge in [0.2, 0.25) is 5.91 Å². The number of carbonyl (C=O) groups is 1. The fraction of sp³-hybridized carbons (Fsp3) is 0.462. The van der Waals surface area contributed by atoms with Crippen LogP contribution in [0.4, 0.5) is 0 Å². The second kappa shape index (κ2) is 5.37. The topological polar surface area (TPSA) is 81.0 Å². The van der Waals surface area contributed by atoms with Crippen LogP contribution >= 0.6 is 0 Å². The highest BCUT2D eigenvalue weighted by Gasteiger charge is 2.31. The van der Waals surface area contributed by atoms with Gasteiger partial charge in [0.15, 0.2) is 0 Å². The van der Waals surface area contributed by atoms with Crippen LogP contribution in [0.3, 0.4) is 0 Å². The van der Waals surface area contributed by atoms with E-state index in [0.29, 0.717) is 12.8 Å². The Balaban J connectivity index is 1.83. The maximum atomic E-state index is 11.8. The van der Waals surface area contributed by atoms with E-state index in [1.165, 1.54) is 4.90 Å². The quantitative estimate of drug-likeness (QED) is 0.700. The van der Waals surface area contributed by atoms with E-state index in [1.807, 2.05) is 0 Å². The molecule has 1 heterocycles. The van der Waals surface area contributed by atoms with Crippen LogP contribution < -0.4 is 0 Å². The van der Waals surface area contributed by atoms with Crippen molar-refractivity contribution in [1.82, 2.24) is 4.90 Å². The van der Waals surface area contributed by atoms with Crippen molar-refractivity contribution in [3.05, 3.63) is 29.8 Å². The van der Waals surface area contributed by atoms with Gasteiger partial charge in [-0.05, 0) is 24.1 Å². The standard InChI is InChI=1S/C13H17NO4/c15-10-4-1-9(2-5-10)3-6-13(18)14-7-11(16)12(17)8-14/h1-2,4-5,11-12,15-17H,3,6-8H2/t11-,12-/m1/s1. The van der Waals surface area contributed by atoms with Crippen LogP contribution in [0.1, 0.15) is 12.0 Å². The molecule has 1 saturated heterocycles. The molecule has 0 spiro atoms. The minimum atomic E-state index is -0.831. The van der Waals surface area contributed by atoms with Gasteiger partial charge in [0.1, 0.15) is 5.75 Å². The maximum Gasteiger partial charge on any atom is 0.223 e. The molecule has 2 rings (SSSR count). The molecular formula is C13H17NO4. The Morgan fingerprint density at radius 1 is 1.17 bits per heavy atom. The molecular weight excluding hydrogens is 234 g/mol. The van der Waals surface area contributed by atoms with Gasteiger partial charge in [-0.1, -0.05) is 12.1 Å². The second-order valence-corrected chi connectivity index (χ2v) is 4.60. The van der Waals surface area contributed by atoms with Gasteiger partial charge in [0.05, 0.1) is 12.2 Å². The highest BCUT2D eigenvalue weighted by molar-refractivity contribution is 5.76. The molecule has 0 radical (unpaired) electrons. The van der Waals surface area contributed by atoms with Crippen molar-refractivity contribution in [3.8, 4) is 5.75 Å². The first-order valence-electron chi connectivity index (χ1n) is 5.98. The van der Waals surface area contributed by atoms with E-state index < -0.39 is 12.2 Å². The molecule has 0 unspecified atom stereocenters. The van der Waals surface area contributed by atoms with Gasteiger partial charge in [-0.2, -0.15) is 0 Å². The van der Waals surface area contributed by atoms with Crippen molar-refractivity contribution in [2.45, 2.75) is 25.0 Å². The number of phenolic OH excluding ortho intramolecular Hbond substituents is 1. The summed E-state index contributed by atoms with van der Waals surface area (Å²) in [4.78, 5) is 13.3. The summed E-state index contributed by atoms with van der Waals surface area (Å²) in [7, 11) is 0. The fourth-order valence-electron chi connectivity index (χ4n) is 2.05. The fourth-order valence-corrected chi connectivity index (χ4v) is 2.05. The maximum absolute atomic E-state index is 11.8. The lowest BCUT2D eigenvalue weighted by Crippen LogP contribution is -2.29. The predicted molar refractivity (Wildman–Crippen MR) is 65.0 cm³/mol. The van der Waals surface area contributed by atoms with Gasteiger partial charge in [-0.3, -0.25) is 4.79 Å². The Morgan fingerprint density at radius 3 is 2.28 bits per heavy atom. The highest BCUT2D eigenvalue weighted by atomic mass is 16.3. The van der Waals surface area contributed by atoms with Crippen molar-refractivity contribution in [2.75, 3.05) is 13.1 Å². The number of phenols is 1. The summed E-state index contributed by atoms with van der Waals surface area (Å²) < 4.78 is 0. The Kier molecular flexibility index (Phi) is 3.84. The van der Waals surface area contributed by atoms with E-state index in [9.17, 15) is 15.0 Å². The number of hydrogen-bond donors (Lipinski definition) is 3. The molecule has 98 valence electrons. The van der Waals surface area contributed by atoms with Gasteiger partial charge in [0, 0.05) is 19.5 Å². The van der Waals surface area contributed by atoms with Crippen LogP contribution in [0, 0.1) is 0 Å². The van der Waals surface area contributed by atoms with Gasteiger partial charge in [-0.25, -0.2) is 0 Å². The van der Waals surface area contributed by atoms with Crippen molar-refractivity contribution in [1.29, 1.82) is 0 Å². The number of aromatic hydroxyl groups is 1. The first-order chi connectivity index (χ1) is 8.56. The Hall–Kier alpha value is -1.59. The first kappa shape index (κ1) is 12.9. The highest BCUT2D eigenvalue weighted by Crippen LogP contribution is 2.14. The van der Waals surface area contributed by atoms with Crippen molar-refractivity contribution < 1.29 is 20.1 Å². The second-order valence-electron chi connectivity index (χ2n) is 4.60. The van der Waals surface area contributed by atoms with Crippen LogP contribution in [-0.2, 0) is 11.2 Å². The molecule has 1 aliphatic heterocycles. The molecule has 1 amide bonds. The monoisotopic (exact) mass is 251 g/mol. The van der Waals surface area contributed by atoms with Crippen LogP contribution in [-0.4, -0.2) is 51.4 Å². The number of benzene rings is 1. The molecule has 5 heteroatoms. The number of nitrogens with zero attached hydrogens (tertiary/aromatic N) is 1. The van der Waals surface area contributed by atoms with Crippen LogP contribution in [0.2, 0.25) is 0 Å². The minimum absolute atomic E-state index is 0.0707. The van der Waals surface area contributed by atoms with Crippen molar-refractivity contribution >= 4 is 5.91 Å². The Morgan fingerprint density at radius 2 is 1.72 bits per heavy atom. The van der Waals surface area contributed by atoms with E-state index in [1.54, 1.807) is 24.3 Å². The lowest BCUT2D eigenvalue weighted by Gasteiger charge is -2.15. The SMILES string of the molecule is O=C(CCc1ccc(O)cc1)N1C[C@@H](O)[C@H](O)C1. The third-order valence-corrected chi connectivity index (χ3v) is 3.18. The summed E-state index contributed by atoms with van der Waals surface area (Å²) in [5, 5.41) is 27.9. The predicted octanol–water partition coefficient (Wildman–Crippen LogP) is -0.111. The summed E-state index contributed by atoms with van der Waals surface area (Å²) >= 11 is 0. The van der Waals surface area contributed by atoms with Gasteiger partial charge >= 0.3 is 0 Å². The Labute approximate surface area is 105 Å². The third kappa shape index (κ3) is 3.00. The number of likely N-dealkylation sites (tertiary alicyclic amines) is 1. The molecule has 1 aromatic rings. The number of aliphatic hydroxyl groups is 2. The summed E-state index contributed by atoms with van der Waals surface area (Å²) in [6.45, 7) is 0.408. The number of carbonyl (C=O) groups excluding carboxylic acids is 1. The lowest BCUT2D eigenvalue weighted by molar-refractivity contribution is -0.130. The lowest BCUT2D eigenvalue weighted by atomic mass is 10.1. The molecule has 0 saturated carbocycles. The van der Waals surface area contributed by atoms with Crippen molar-refractivity contribution in [3.63, 3.8) is 0 Å². The van der Waals surface area contributed by atoms with Crippen molar-refractivity contribution in [2.24, 2.45) is 0 Å². The summed E-state index contributed by atoms with van der Waals surface area (Å²) in [5.41, 5.74) is 0.974. The average molecular weight is 251 g/mol. The van der Waals surface area contributed by atoms with Gasteiger partial charge < -0.3 is 20.2 Å². The number of amides is 1. The number of hydrogen-bond acceptors (Lipinski definition) is 4.